The van der Waals surface area contributed by atoms with Gasteiger partial charge in [-0.1, -0.05) is 0 Å². The van der Waals surface area contributed by atoms with Crippen LogP contribution in [0.1, 0.15) is 27.2 Å². The van der Waals surface area contributed by atoms with Gasteiger partial charge in [0.1, 0.15) is 5.56 Å². The Kier molecular flexibility index (Phi) is 4.29. The largest absolute Gasteiger partial charge is 0.379 e. The van der Waals surface area contributed by atoms with Gasteiger partial charge in [-0.15, -0.1) is 0 Å². The number of fused-ring (bicyclic) bond motifs is 3. The van der Waals surface area contributed by atoms with Gasteiger partial charge in [-0.3, -0.25) is 14.5 Å². The van der Waals surface area contributed by atoms with E-state index >= 15 is 0 Å². The molecule has 0 unspecified atom stereocenters. The Bertz CT molecular complexity index is 682. The summed E-state index contributed by atoms with van der Waals surface area (Å²) in [6.45, 7) is 9.15. The van der Waals surface area contributed by atoms with Crippen molar-refractivity contribution in [1.82, 2.24) is 14.8 Å². The summed E-state index contributed by atoms with van der Waals surface area (Å²) in [5.74, 6) is 0.140. The molecule has 2 fully saturated rings. The predicted octanol–water partition coefficient (Wildman–Crippen LogP) is 0.703. The minimum Gasteiger partial charge on any atom is -0.379 e. The second kappa shape index (κ2) is 6.09. The normalized spacial score (nSPS) is 25.3. The first-order valence-electron chi connectivity index (χ1n) is 8.15. The fourth-order valence-electron chi connectivity index (χ4n) is 3.60. The summed E-state index contributed by atoms with van der Waals surface area (Å²) in [5.41, 5.74) is 2.59. The number of carbonyl (C=O) groups is 1. The molecule has 23 heavy (non-hydrogen) atoms. The van der Waals surface area contributed by atoms with Gasteiger partial charge < -0.3 is 14.6 Å². The van der Waals surface area contributed by atoms with E-state index < -0.39 is 0 Å². The van der Waals surface area contributed by atoms with Crippen LogP contribution in [0.2, 0.25) is 0 Å². The van der Waals surface area contributed by atoms with Gasteiger partial charge in [0.2, 0.25) is 0 Å². The van der Waals surface area contributed by atoms with Gasteiger partial charge in [-0.2, -0.15) is 0 Å². The molecule has 2 bridgehead atoms. The van der Waals surface area contributed by atoms with E-state index in [1.807, 2.05) is 25.7 Å². The molecule has 1 aromatic rings. The van der Waals surface area contributed by atoms with Crippen LogP contribution in [-0.2, 0) is 4.74 Å². The lowest BCUT2D eigenvalue weighted by molar-refractivity contribution is 0.0432. The number of rotatable bonds is 1. The summed E-state index contributed by atoms with van der Waals surface area (Å²) < 4.78 is 5.70. The molecular formula is C17H25N3O3. The van der Waals surface area contributed by atoms with Crippen molar-refractivity contribution in [3.63, 3.8) is 0 Å². The molecule has 2 atom stereocenters. The smallest absolute Gasteiger partial charge is 0.261 e. The lowest BCUT2D eigenvalue weighted by Crippen LogP contribution is -2.46. The summed E-state index contributed by atoms with van der Waals surface area (Å²) in [6, 6.07) is 0.192. The van der Waals surface area contributed by atoms with E-state index in [9.17, 15) is 9.59 Å². The molecule has 6 heteroatoms. The van der Waals surface area contributed by atoms with E-state index in [1.54, 1.807) is 0 Å². The molecule has 0 radical (unpaired) electrons. The fourth-order valence-corrected chi connectivity index (χ4v) is 3.60. The molecule has 6 nitrogen and oxygen atoms in total. The number of carbonyl (C=O) groups excluding carboxylic acids is 1. The van der Waals surface area contributed by atoms with Crippen LogP contribution in [-0.4, -0.2) is 66.6 Å². The second-order valence-electron chi connectivity index (χ2n) is 6.91. The number of aryl methyl sites for hydroxylation is 1. The number of amides is 1. The highest BCUT2D eigenvalue weighted by atomic mass is 16.5. The van der Waals surface area contributed by atoms with E-state index in [0.717, 1.165) is 23.4 Å². The van der Waals surface area contributed by atoms with Gasteiger partial charge in [0.05, 0.1) is 19.3 Å². The van der Waals surface area contributed by atoms with Crippen LogP contribution in [0.4, 0.5) is 0 Å². The molecule has 0 aromatic carbocycles. The number of hydrogen-bond acceptors (Lipinski definition) is 4. The summed E-state index contributed by atoms with van der Waals surface area (Å²) in [7, 11) is 2.08. The molecule has 3 heterocycles. The Labute approximate surface area is 136 Å². The Morgan fingerprint density at radius 1 is 1.13 bits per heavy atom. The zero-order valence-corrected chi connectivity index (χ0v) is 14.3. The zero-order chi connectivity index (χ0) is 16.7. The Balaban J connectivity index is 1.95. The van der Waals surface area contributed by atoms with E-state index in [2.05, 4.69) is 16.9 Å². The quantitative estimate of drug-likeness (QED) is 0.828. The van der Waals surface area contributed by atoms with Crippen LogP contribution < -0.4 is 5.56 Å². The average molecular weight is 319 g/mol. The van der Waals surface area contributed by atoms with Crippen LogP contribution in [0, 0.1) is 26.7 Å². The topological polar surface area (TPSA) is 65.6 Å². The number of nitrogens with zero attached hydrogens (tertiary/aromatic N) is 2. The van der Waals surface area contributed by atoms with Gasteiger partial charge in [0.25, 0.3) is 11.5 Å². The number of aromatic amines is 1. The molecule has 1 amide bonds. The molecule has 1 aromatic heterocycles. The van der Waals surface area contributed by atoms with Crippen LogP contribution >= 0.6 is 0 Å². The maximum Gasteiger partial charge on any atom is 0.261 e. The van der Waals surface area contributed by atoms with Crippen molar-refractivity contribution in [1.29, 1.82) is 0 Å². The molecular weight excluding hydrogens is 294 g/mol. The first kappa shape index (κ1) is 16.2. The van der Waals surface area contributed by atoms with E-state index in [0.29, 0.717) is 32.2 Å². The predicted molar refractivity (Wildman–Crippen MR) is 87.9 cm³/mol. The average Bonchev–Trinajstić information content (AvgIpc) is 2.73. The Morgan fingerprint density at radius 2 is 1.87 bits per heavy atom. The fraction of sp³-hybridized carbons (Fsp3) is 0.647. The van der Waals surface area contributed by atoms with Gasteiger partial charge in [0, 0.05) is 31.2 Å². The molecule has 1 N–H and O–H groups in total. The summed E-state index contributed by atoms with van der Waals surface area (Å²) in [5, 5.41) is 0. The molecule has 3 rings (SSSR count). The van der Waals surface area contributed by atoms with Crippen molar-refractivity contribution in [3.8, 4) is 0 Å². The van der Waals surface area contributed by atoms with Crippen LogP contribution in [0.15, 0.2) is 4.79 Å². The highest BCUT2D eigenvalue weighted by molar-refractivity contribution is 5.95. The van der Waals surface area contributed by atoms with E-state index in [1.165, 1.54) is 0 Å². The summed E-state index contributed by atoms with van der Waals surface area (Å²) >= 11 is 0. The molecule has 2 saturated heterocycles. The minimum absolute atomic E-state index is 0.154. The number of pyridine rings is 1. The lowest BCUT2D eigenvalue weighted by Gasteiger charge is -2.30. The maximum atomic E-state index is 13.0. The van der Waals surface area contributed by atoms with Gasteiger partial charge >= 0.3 is 0 Å². The van der Waals surface area contributed by atoms with Crippen molar-refractivity contribution < 1.29 is 9.53 Å². The van der Waals surface area contributed by atoms with Crippen LogP contribution in [0.25, 0.3) is 0 Å². The second-order valence-corrected chi connectivity index (χ2v) is 6.91. The molecule has 126 valence electrons. The number of H-pyrrole nitrogens is 1. The first-order valence-corrected chi connectivity index (χ1v) is 8.15. The standard InChI is InChI=1S/C17H25N3O3/c1-10-11(2)15(16(21)18-12(10)3)17(22)20-6-13-5-19(4)14(7-20)9-23-8-13/h13-14H,5-9H2,1-4H3,(H,18,21)/t13-,14+/m1/s1. The third kappa shape index (κ3) is 2.93. The Morgan fingerprint density at radius 3 is 2.61 bits per heavy atom. The number of nitrogens with one attached hydrogen (secondary N) is 1. The van der Waals surface area contributed by atoms with Gasteiger partial charge in [-0.25, -0.2) is 0 Å². The van der Waals surface area contributed by atoms with Crippen molar-refractivity contribution in [2.45, 2.75) is 26.8 Å². The van der Waals surface area contributed by atoms with E-state index in [-0.39, 0.29) is 23.1 Å². The highest BCUT2D eigenvalue weighted by Crippen LogP contribution is 2.21. The Hall–Kier alpha value is -1.66. The molecule has 0 saturated carbocycles. The molecule has 0 aliphatic carbocycles. The SMILES string of the molecule is Cc1[nH]c(=O)c(C(=O)N2C[C@@H]3COC[C@H](C2)N(C)C3)c(C)c1C. The van der Waals surface area contributed by atoms with Gasteiger partial charge in [0.15, 0.2) is 0 Å². The number of hydrogen-bond donors (Lipinski definition) is 1. The number of ether oxygens (including phenoxy) is 1. The highest BCUT2D eigenvalue weighted by Gasteiger charge is 2.34. The third-order valence-electron chi connectivity index (χ3n) is 5.27. The van der Waals surface area contributed by atoms with Crippen LogP contribution in [0.5, 0.6) is 0 Å². The minimum atomic E-state index is -0.283. The van der Waals surface area contributed by atoms with Crippen LogP contribution in [0.3, 0.4) is 0 Å². The number of likely N-dealkylation sites (N-methyl/N-ethyl adjacent to an activating group) is 1. The van der Waals surface area contributed by atoms with Crippen molar-refractivity contribution in [2.75, 3.05) is 39.9 Å². The summed E-state index contributed by atoms with van der Waals surface area (Å²) in [4.78, 5) is 32.3. The molecule has 2 aliphatic rings. The van der Waals surface area contributed by atoms with Crippen molar-refractivity contribution in [2.24, 2.45) is 5.92 Å². The van der Waals surface area contributed by atoms with E-state index in [4.69, 9.17) is 4.74 Å². The third-order valence-corrected chi connectivity index (χ3v) is 5.27. The van der Waals surface area contributed by atoms with Crippen molar-refractivity contribution in [3.05, 3.63) is 32.7 Å². The van der Waals surface area contributed by atoms with Crippen molar-refractivity contribution >= 4 is 5.91 Å². The molecule has 0 spiro atoms. The first-order chi connectivity index (χ1) is 10.9. The zero-order valence-electron chi connectivity index (χ0n) is 14.3. The maximum absolute atomic E-state index is 13.0. The monoisotopic (exact) mass is 319 g/mol. The van der Waals surface area contributed by atoms with Gasteiger partial charge in [-0.05, 0) is 38.9 Å². The lowest BCUT2D eigenvalue weighted by atomic mass is 10.0. The molecule has 2 aliphatic heterocycles. The summed E-state index contributed by atoms with van der Waals surface area (Å²) in [6.07, 6.45) is 0. The number of aromatic nitrogens is 1.